The van der Waals surface area contributed by atoms with E-state index in [2.05, 4.69) is 29.5 Å². The van der Waals surface area contributed by atoms with Crippen LogP contribution >= 0.6 is 24.0 Å². The molecule has 1 aliphatic heterocycles. The molecule has 27 heavy (non-hydrogen) atoms. The molecule has 146 valence electrons. The third kappa shape index (κ3) is 5.21. The maximum Gasteiger partial charge on any atom is 0.246 e. The van der Waals surface area contributed by atoms with E-state index in [0.717, 1.165) is 24.7 Å². The van der Waals surface area contributed by atoms with Gasteiger partial charge >= 0.3 is 0 Å². The molecule has 2 heterocycles. The Bertz CT molecular complexity index is 803. The Morgan fingerprint density at radius 3 is 2.70 bits per heavy atom. The average molecular weight is 482 g/mol. The fraction of sp³-hybridized carbons (Fsp3) is 0.421. The lowest BCUT2D eigenvalue weighted by Crippen LogP contribution is -2.55. The van der Waals surface area contributed by atoms with Gasteiger partial charge in [-0.1, -0.05) is 24.3 Å². The van der Waals surface area contributed by atoms with Gasteiger partial charge in [0.05, 0.1) is 18.4 Å². The highest BCUT2D eigenvalue weighted by molar-refractivity contribution is 14.0. The number of anilines is 1. The van der Waals surface area contributed by atoms with Crippen molar-refractivity contribution in [3.8, 4) is 0 Å². The molecule has 0 atom stereocenters. The van der Waals surface area contributed by atoms with Crippen LogP contribution in [-0.4, -0.2) is 52.7 Å². The number of nitrogens with one attached hydrogen (secondary N) is 1. The number of hydrogen-bond donors (Lipinski definition) is 1. The molecule has 0 unspecified atom stereocenters. The van der Waals surface area contributed by atoms with Crippen LogP contribution in [0, 0.1) is 6.92 Å². The molecule has 0 bridgehead atoms. The highest BCUT2D eigenvalue weighted by atomic mass is 127. The standard InChI is InChI=1S/C19H26N6O.HI/c1-4-20-19(21-11-16-8-6-5-7-15(16)2)24-9-10-25(18(26)14-24)17-12-22-23(3)13-17;/h5-8,12-13H,4,9-11,14H2,1-3H3,(H,20,21);1H. The highest BCUT2D eigenvalue weighted by Gasteiger charge is 2.27. The van der Waals surface area contributed by atoms with E-state index in [1.807, 2.05) is 37.2 Å². The number of hydrogen-bond acceptors (Lipinski definition) is 3. The van der Waals surface area contributed by atoms with Gasteiger partial charge in [0.25, 0.3) is 0 Å². The number of carbonyl (C=O) groups excluding carboxylic acids is 1. The summed E-state index contributed by atoms with van der Waals surface area (Å²) in [6.45, 7) is 7.18. The Kier molecular flexibility index (Phi) is 7.64. The lowest BCUT2D eigenvalue weighted by Gasteiger charge is -2.35. The van der Waals surface area contributed by atoms with Gasteiger partial charge < -0.3 is 15.1 Å². The van der Waals surface area contributed by atoms with Crippen LogP contribution in [0.1, 0.15) is 18.1 Å². The quantitative estimate of drug-likeness (QED) is 0.412. The number of rotatable bonds is 4. The fourth-order valence-electron chi connectivity index (χ4n) is 3.05. The topological polar surface area (TPSA) is 65.8 Å². The van der Waals surface area contributed by atoms with Crippen molar-refractivity contribution in [1.82, 2.24) is 20.0 Å². The van der Waals surface area contributed by atoms with Crippen molar-refractivity contribution < 1.29 is 4.79 Å². The number of aryl methyl sites for hydroxylation is 2. The summed E-state index contributed by atoms with van der Waals surface area (Å²) in [4.78, 5) is 21.2. The van der Waals surface area contributed by atoms with Crippen LogP contribution in [0.25, 0.3) is 0 Å². The van der Waals surface area contributed by atoms with E-state index in [9.17, 15) is 4.79 Å². The second kappa shape index (κ2) is 9.72. The third-order valence-corrected chi connectivity index (χ3v) is 4.52. The van der Waals surface area contributed by atoms with Crippen LogP contribution in [0.15, 0.2) is 41.7 Å². The predicted octanol–water partition coefficient (Wildman–Crippen LogP) is 2.16. The zero-order valence-electron chi connectivity index (χ0n) is 16.1. The van der Waals surface area contributed by atoms with Gasteiger partial charge in [0.2, 0.25) is 5.91 Å². The number of aromatic nitrogens is 2. The molecule has 7 nitrogen and oxygen atoms in total. The molecule has 1 aromatic heterocycles. The van der Waals surface area contributed by atoms with E-state index in [1.54, 1.807) is 15.8 Å². The van der Waals surface area contributed by atoms with Crippen molar-refractivity contribution in [2.45, 2.75) is 20.4 Å². The Balaban J connectivity index is 0.00000261. The number of carbonyl (C=O) groups is 1. The second-order valence-electron chi connectivity index (χ2n) is 6.44. The van der Waals surface area contributed by atoms with E-state index >= 15 is 0 Å². The minimum atomic E-state index is 0. The number of halogens is 1. The number of guanidine groups is 1. The van der Waals surface area contributed by atoms with Crippen molar-refractivity contribution in [1.29, 1.82) is 0 Å². The van der Waals surface area contributed by atoms with Gasteiger partial charge in [0, 0.05) is 32.9 Å². The van der Waals surface area contributed by atoms with Crippen molar-refractivity contribution in [2.24, 2.45) is 12.0 Å². The third-order valence-electron chi connectivity index (χ3n) is 4.52. The lowest BCUT2D eigenvalue weighted by atomic mass is 10.1. The van der Waals surface area contributed by atoms with Crippen LogP contribution in [0.5, 0.6) is 0 Å². The molecular formula is C19H27IN6O. The lowest BCUT2D eigenvalue weighted by molar-refractivity contribution is -0.120. The first-order chi connectivity index (χ1) is 12.6. The van der Waals surface area contributed by atoms with E-state index < -0.39 is 0 Å². The van der Waals surface area contributed by atoms with Gasteiger partial charge in [-0.2, -0.15) is 5.10 Å². The number of amides is 1. The van der Waals surface area contributed by atoms with Gasteiger partial charge in [-0.05, 0) is 25.0 Å². The Hall–Kier alpha value is -2.10. The van der Waals surface area contributed by atoms with Gasteiger partial charge in [-0.15, -0.1) is 24.0 Å². The summed E-state index contributed by atoms with van der Waals surface area (Å²) in [7, 11) is 1.85. The minimum absolute atomic E-state index is 0. The highest BCUT2D eigenvalue weighted by Crippen LogP contribution is 2.16. The first-order valence-electron chi connectivity index (χ1n) is 8.95. The number of benzene rings is 1. The Morgan fingerprint density at radius 1 is 1.30 bits per heavy atom. The largest absolute Gasteiger partial charge is 0.356 e. The molecule has 0 aliphatic carbocycles. The van der Waals surface area contributed by atoms with Crippen LogP contribution < -0.4 is 10.2 Å². The molecule has 0 saturated carbocycles. The normalized spacial score (nSPS) is 14.9. The molecule has 1 amide bonds. The van der Waals surface area contributed by atoms with Gasteiger partial charge in [-0.25, -0.2) is 4.99 Å². The molecule has 8 heteroatoms. The van der Waals surface area contributed by atoms with Gasteiger partial charge in [-0.3, -0.25) is 9.48 Å². The molecule has 1 N–H and O–H groups in total. The summed E-state index contributed by atoms with van der Waals surface area (Å²) in [5, 5.41) is 7.46. The molecular weight excluding hydrogens is 455 g/mol. The SMILES string of the molecule is CCNC(=NCc1ccccc1C)N1CCN(c2cnn(C)c2)C(=O)C1.I. The van der Waals surface area contributed by atoms with Gasteiger partial charge in [0.1, 0.15) is 6.54 Å². The minimum Gasteiger partial charge on any atom is -0.356 e. The van der Waals surface area contributed by atoms with Crippen molar-refractivity contribution in [3.05, 3.63) is 47.8 Å². The van der Waals surface area contributed by atoms with Crippen molar-refractivity contribution in [3.63, 3.8) is 0 Å². The van der Waals surface area contributed by atoms with Crippen LogP contribution in [0.2, 0.25) is 0 Å². The molecule has 1 aliphatic rings. The molecule has 1 aromatic carbocycles. The zero-order valence-corrected chi connectivity index (χ0v) is 18.4. The Morgan fingerprint density at radius 2 is 2.07 bits per heavy atom. The summed E-state index contributed by atoms with van der Waals surface area (Å²) < 4.78 is 1.71. The van der Waals surface area contributed by atoms with Crippen LogP contribution in [0.3, 0.4) is 0 Å². The average Bonchev–Trinajstić information content (AvgIpc) is 3.06. The summed E-state index contributed by atoms with van der Waals surface area (Å²) in [5.74, 6) is 0.848. The molecule has 1 saturated heterocycles. The smallest absolute Gasteiger partial charge is 0.246 e. The Labute approximate surface area is 177 Å². The molecule has 3 rings (SSSR count). The second-order valence-corrected chi connectivity index (χ2v) is 6.44. The summed E-state index contributed by atoms with van der Waals surface area (Å²) >= 11 is 0. The molecule has 0 radical (unpaired) electrons. The van der Waals surface area contributed by atoms with Crippen LogP contribution in [0.4, 0.5) is 5.69 Å². The van der Waals surface area contributed by atoms with E-state index in [0.29, 0.717) is 19.6 Å². The summed E-state index contributed by atoms with van der Waals surface area (Å²) in [6, 6.07) is 8.24. The number of piperazine rings is 1. The number of nitrogens with zero attached hydrogens (tertiary/aromatic N) is 5. The predicted molar refractivity (Wildman–Crippen MR) is 119 cm³/mol. The van der Waals surface area contributed by atoms with E-state index in [-0.39, 0.29) is 29.9 Å². The summed E-state index contributed by atoms with van der Waals surface area (Å²) in [6.07, 6.45) is 3.59. The monoisotopic (exact) mass is 482 g/mol. The first kappa shape index (κ1) is 21.2. The first-order valence-corrected chi connectivity index (χ1v) is 8.95. The maximum atomic E-state index is 12.6. The molecule has 1 fully saturated rings. The van der Waals surface area contributed by atoms with Crippen LogP contribution in [-0.2, 0) is 18.4 Å². The van der Waals surface area contributed by atoms with E-state index in [4.69, 9.17) is 4.99 Å². The maximum absolute atomic E-state index is 12.6. The number of aliphatic imine (C=N–C) groups is 1. The molecule has 2 aromatic rings. The summed E-state index contributed by atoms with van der Waals surface area (Å²) in [5.41, 5.74) is 3.27. The van der Waals surface area contributed by atoms with Crippen molar-refractivity contribution >= 4 is 41.5 Å². The zero-order chi connectivity index (χ0) is 18.5. The molecule has 0 spiro atoms. The van der Waals surface area contributed by atoms with E-state index in [1.165, 1.54) is 11.1 Å². The fourth-order valence-corrected chi connectivity index (χ4v) is 3.05. The van der Waals surface area contributed by atoms with Crippen molar-refractivity contribution in [2.75, 3.05) is 31.1 Å². The van der Waals surface area contributed by atoms with Gasteiger partial charge in [0.15, 0.2) is 5.96 Å².